The molecule has 2 amide bonds. The van der Waals surface area contributed by atoms with Crippen molar-refractivity contribution in [3.05, 3.63) is 24.2 Å². The zero-order chi connectivity index (χ0) is 15.0. The summed E-state index contributed by atoms with van der Waals surface area (Å²) in [6.45, 7) is 2.17. The molecule has 0 aromatic carbocycles. The summed E-state index contributed by atoms with van der Waals surface area (Å²) >= 11 is 0. The number of rotatable bonds is 4. The lowest BCUT2D eigenvalue weighted by Crippen LogP contribution is -2.48. The number of carbonyl (C=O) groups excluding carboxylic acids is 1. The third kappa shape index (κ3) is 3.07. The molecule has 1 aromatic heterocycles. The summed E-state index contributed by atoms with van der Waals surface area (Å²) in [4.78, 5) is 14.2. The number of sulfone groups is 1. The highest BCUT2D eigenvalue weighted by Crippen LogP contribution is 2.29. The lowest BCUT2D eigenvalue weighted by molar-refractivity contribution is 0.187. The molecule has 0 bridgehead atoms. The van der Waals surface area contributed by atoms with E-state index in [2.05, 4.69) is 5.32 Å². The maximum Gasteiger partial charge on any atom is 0.318 e. The second-order valence-electron chi connectivity index (χ2n) is 5.91. The average Bonchev–Trinajstić information content (AvgIpc) is 3.09. The van der Waals surface area contributed by atoms with Crippen LogP contribution in [-0.2, 0) is 16.4 Å². The van der Waals surface area contributed by atoms with E-state index in [1.807, 2.05) is 6.07 Å². The Bertz CT molecular complexity index is 607. The summed E-state index contributed by atoms with van der Waals surface area (Å²) in [5.41, 5.74) is 0.948. The Kier molecular flexibility index (Phi) is 3.69. The highest BCUT2D eigenvalue weighted by molar-refractivity contribution is 7.92. The molecule has 1 aliphatic heterocycles. The number of carbonyl (C=O) groups is 1. The minimum atomic E-state index is -3.05. The molecule has 21 heavy (non-hydrogen) atoms. The maximum absolute atomic E-state index is 12.5. The molecular weight excluding hydrogens is 292 g/mol. The van der Waals surface area contributed by atoms with Crippen molar-refractivity contribution in [2.45, 2.75) is 50.1 Å². The Morgan fingerprint density at radius 3 is 2.71 bits per heavy atom. The van der Waals surface area contributed by atoms with E-state index in [0.717, 1.165) is 18.4 Å². The molecule has 2 aliphatic rings. The molecule has 7 heteroatoms. The molecule has 116 valence electrons. The third-order valence-corrected chi connectivity index (χ3v) is 6.60. The molecule has 1 saturated heterocycles. The van der Waals surface area contributed by atoms with Gasteiger partial charge in [-0.05, 0) is 32.3 Å². The number of hydrogen-bond acceptors (Lipinski definition) is 4. The Hall–Kier alpha value is -1.50. The van der Waals surface area contributed by atoms with Crippen LogP contribution in [0.2, 0.25) is 0 Å². The molecular formula is C14H20N2O4S. The number of amides is 2. The van der Waals surface area contributed by atoms with E-state index >= 15 is 0 Å². The molecule has 0 unspecified atom stereocenters. The van der Waals surface area contributed by atoms with Crippen molar-refractivity contribution in [3.63, 3.8) is 0 Å². The SMILES string of the molecule is C[C@@H]1[C@H](NC(=O)N(Cc2ccoc2)C2CC2)CCS1(=O)=O. The Labute approximate surface area is 124 Å². The summed E-state index contributed by atoms with van der Waals surface area (Å²) in [6, 6.07) is 1.64. The first-order valence-corrected chi connectivity index (χ1v) is 8.99. The molecule has 2 atom stereocenters. The highest BCUT2D eigenvalue weighted by atomic mass is 32.2. The molecule has 0 spiro atoms. The Morgan fingerprint density at radius 2 is 2.19 bits per heavy atom. The summed E-state index contributed by atoms with van der Waals surface area (Å²) in [6.07, 6.45) is 5.72. The number of nitrogens with one attached hydrogen (secondary N) is 1. The average molecular weight is 312 g/mol. The van der Waals surface area contributed by atoms with Gasteiger partial charge in [0.15, 0.2) is 9.84 Å². The number of nitrogens with zero attached hydrogens (tertiary/aromatic N) is 1. The van der Waals surface area contributed by atoms with Crippen LogP contribution < -0.4 is 5.32 Å². The quantitative estimate of drug-likeness (QED) is 0.914. The van der Waals surface area contributed by atoms with Crippen molar-refractivity contribution in [2.24, 2.45) is 0 Å². The van der Waals surface area contributed by atoms with Crippen molar-refractivity contribution in [1.29, 1.82) is 0 Å². The first-order valence-electron chi connectivity index (χ1n) is 7.27. The molecule has 1 aliphatic carbocycles. The van der Waals surface area contributed by atoms with E-state index in [-0.39, 0.29) is 23.9 Å². The zero-order valence-corrected chi connectivity index (χ0v) is 12.8. The lowest BCUT2D eigenvalue weighted by Gasteiger charge is -2.25. The zero-order valence-electron chi connectivity index (χ0n) is 12.0. The summed E-state index contributed by atoms with van der Waals surface area (Å²) in [7, 11) is -3.05. The standard InChI is InChI=1S/C14H20N2O4S/c1-10-13(5-7-21(10,18)19)15-14(17)16(12-2-3-12)8-11-4-6-20-9-11/h4,6,9-10,12-13H,2-3,5,7-8H2,1H3,(H,15,17)/t10-,13-/m1/s1. The normalized spacial score (nSPS) is 27.5. The largest absolute Gasteiger partial charge is 0.472 e. The van der Waals surface area contributed by atoms with Crippen molar-refractivity contribution in [1.82, 2.24) is 10.2 Å². The predicted octanol–water partition coefficient (Wildman–Crippen LogP) is 1.53. The van der Waals surface area contributed by atoms with Gasteiger partial charge < -0.3 is 14.6 Å². The molecule has 6 nitrogen and oxygen atoms in total. The van der Waals surface area contributed by atoms with Crippen LogP contribution >= 0.6 is 0 Å². The van der Waals surface area contributed by atoms with Crippen LogP contribution in [0.5, 0.6) is 0 Å². The molecule has 2 heterocycles. The van der Waals surface area contributed by atoms with Gasteiger partial charge in [0.1, 0.15) is 0 Å². The number of hydrogen-bond donors (Lipinski definition) is 1. The van der Waals surface area contributed by atoms with Crippen molar-refractivity contribution in [2.75, 3.05) is 5.75 Å². The highest BCUT2D eigenvalue weighted by Gasteiger charge is 2.40. The Balaban J connectivity index is 1.65. The van der Waals surface area contributed by atoms with Gasteiger partial charge in [0.25, 0.3) is 0 Å². The lowest BCUT2D eigenvalue weighted by atomic mass is 10.2. The van der Waals surface area contributed by atoms with Crippen LogP contribution in [0.15, 0.2) is 23.0 Å². The van der Waals surface area contributed by atoms with Crippen LogP contribution in [0.3, 0.4) is 0 Å². The first-order chi connectivity index (χ1) is 9.97. The molecule has 2 fully saturated rings. The van der Waals surface area contributed by atoms with Gasteiger partial charge in [-0.25, -0.2) is 13.2 Å². The minimum absolute atomic E-state index is 0.157. The molecule has 1 aromatic rings. The van der Waals surface area contributed by atoms with E-state index < -0.39 is 15.1 Å². The fourth-order valence-corrected chi connectivity index (χ4v) is 4.38. The second kappa shape index (κ2) is 5.36. The van der Waals surface area contributed by atoms with E-state index in [0.29, 0.717) is 13.0 Å². The fourth-order valence-electron chi connectivity index (χ4n) is 2.73. The number of furan rings is 1. The summed E-state index contributed by atoms with van der Waals surface area (Å²) in [5.74, 6) is 0.157. The molecule has 1 N–H and O–H groups in total. The van der Waals surface area contributed by atoms with Crippen molar-refractivity contribution < 1.29 is 17.6 Å². The van der Waals surface area contributed by atoms with Gasteiger partial charge >= 0.3 is 6.03 Å². The maximum atomic E-state index is 12.5. The summed E-state index contributed by atoms with van der Waals surface area (Å²) in [5, 5.41) is 2.39. The first kappa shape index (κ1) is 14.4. The molecule has 0 radical (unpaired) electrons. The fraction of sp³-hybridized carbons (Fsp3) is 0.643. The predicted molar refractivity (Wildman–Crippen MR) is 77.5 cm³/mol. The number of urea groups is 1. The monoisotopic (exact) mass is 312 g/mol. The minimum Gasteiger partial charge on any atom is -0.472 e. The summed E-state index contributed by atoms with van der Waals surface area (Å²) < 4.78 is 28.5. The van der Waals surface area contributed by atoms with Gasteiger partial charge in [-0.15, -0.1) is 0 Å². The van der Waals surface area contributed by atoms with E-state index in [1.54, 1.807) is 24.3 Å². The van der Waals surface area contributed by atoms with E-state index in [1.165, 1.54) is 0 Å². The van der Waals surface area contributed by atoms with Gasteiger partial charge in [0, 0.05) is 17.6 Å². The van der Waals surface area contributed by atoms with E-state index in [4.69, 9.17) is 4.42 Å². The van der Waals surface area contributed by atoms with Gasteiger partial charge in [-0.2, -0.15) is 0 Å². The van der Waals surface area contributed by atoms with Gasteiger partial charge in [0.2, 0.25) is 0 Å². The molecule has 3 rings (SSSR count). The smallest absolute Gasteiger partial charge is 0.318 e. The van der Waals surface area contributed by atoms with Crippen LogP contribution in [0, 0.1) is 0 Å². The van der Waals surface area contributed by atoms with Crippen molar-refractivity contribution >= 4 is 15.9 Å². The third-order valence-electron chi connectivity index (χ3n) is 4.34. The van der Waals surface area contributed by atoms with Gasteiger partial charge in [-0.1, -0.05) is 0 Å². The topological polar surface area (TPSA) is 79.6 Å². The van der Waals surface area contributed by atoms with Crippen LogP contribution in [0.4, 0.5) is 4.79 Å². The van der Waals surface area contributed by atoms with Crippen LogP contribution in [0.25, 0.3) is 0 Å². The Morgan fingerprint density at radius 1 is 1.43 bits per heavy atom. The van der Waals surface area contributed by atoms with Crippen LogP contribution in [-0.4, -0.2) is 42.4 Å². The van der Waals surface area contributed by atoms with Crippen LogP contribution in [0.1, 0.15) is 31.7 Å². The van der Waals surface area contributed by atoms with E-state index in [9.17, 15) is 13.2 Å². The van der Waals surface area contributed by atoms with Crippen molar-refractivity contribution in [3.8, 4) is 0 Å². The van der Waals surface area contributed by atoms with Gasteiger partial charge in [0.05, 0.1) is 30.1 Å². The van der Waals surface area contributed by atoms with Gasteiger partial charge in [-0.3, -0.25) is 0 Å². The second-order valence-corrected chi connectivity index (χ2v) is 8.38. The molecule has 1 saturated carbocycles.